The molecule has 3 aromatic carbocycles. The molecule has 0 aliphatic carbocycles. The van der Waals surface area contributed by atoms with Gasteiger partial charge in [-0.3, -0.25) is 0 Å². The molecule has 0 unspecified atom stereocenters. The highest BCUT2D eigenvalue weighted by atomic mass is 19.4. The summed E-state index contributed by atoms with van der Waals surface area (Å²) in [4.78, 5) is 2.92. The number of aromatic amines is 1. The SMILES string of the molecule is FC(F)(F)/C(=C/c1cccc2ccccc12)c1c[nH]c2ccccc12. The summed E-state index contributed by atoms with van der Waals surface area (Å²) in [5.41, 5.74) is 0.749. The highest BCUT2D eigenvalue weighted by molar-refractivity contribution is 6.01. The zero-order valence-corrected chi connectivity index (χ0v) is 13.1. The Morgan fingerprint density at radius 1 is 0.800 bits per heavy atom. The van der Waals surface area contributed by atoms with Crippen molar-refractivity contribution in [3.05, 3.63) is 84.1 Å². The normalized spacial score (nSPS) is 12.8. The van der Waals surface area contributed by atoms with Gasteiger partial charge in [0.2, 0.25) is 0 Å². The molecule has 0 atom stereocenters. The van der Waals surface area contributed by atoms with E-state index in [0.717, 1.165) is 10.8 Å². The molecule has 0 spiro atoms. The lowest BCUT2D eigenvalue weighted by molar-refractivity contribution is -0.0682. The lowest BCUT2D eigenvalue weighted by Crippen LogP contribution is -2.10. The van der Waals surface area contributed by atoms with Gasteiger partial charge in [0, 0.05) is 22.7 Å². The number of aromatic nitrogens is 1. The van der Waals surface area contributed by atoms with Crippen LogP contribution in [-0.4, -0.2) is 11.2 Å². The quantitative estimate of drug-likeness (QED) is 0.434. The van der Waals surface area contributed by atoms with Crippen molar-refractivity contribution >= 4 is 33.3 Å². The van der Waals surface area contributed by atoms with Crippen LogP contribution in [0.2, 0.25) is 0 Å². The van der Waals surface area contributed by atoms with E-state index in [0.29, 0.717) is 16.5 Å². The molecular weight excluding hydrogens is 323 g/mol. The molecule has 0 fully saturated rings. The van der Waals surface area contributed by atoms with Crippen molar-refractivity contribution in [3.8, 4) is 0 Å². The molecule has 1 N–H and O–H groups in total. The van der Waals surface area contributed by atoms with E-state index in [1.54, 1.807) is 36.4 Å². The Kier molecular flexibility index (Phi) is 3.61. The van der Waals surface area contributed by atoms with Crippen molar-refractivity contribution < 1.29 is 13.2 Å². The highest BCUT2D eigenvalue weighted by Crippen LogP contribution is 2.39. The number of para-hydroxylation sites is 1. The molecule has 0 saturated carbocycles. The molecule has 1 aromatic heterocycles. The Morgan fingerprint density at radius 3 is 2.28 bits per heavy atom. The van der Waals surface area contributed by atoms with Gasteiger partial charge in [-0.25, -0.2) is 0 Å². The molecule has 0 radical (unpaired) electrons. The fourth-order valence-corrected chi connectivity index (χ4v) is 3.14. The highest BCUT2D eigenvalue weighted by Gasteiger charge is 2.36. The molecule has 0 amide bonds. The molecule has 0 saturated heterocycles. The third kappa shape index (κ3) is 2.80. The van der Waals surface area contributed by atoms with Crippen LogP contribution in [0.4, 0.5) is 13.2 Å². The van der Waals surface area contributed by atoms with Crippen LogP contribution < -0.4 is 0 Å². The maximum atomic E-state index is 13.8. The smallest absolute Gasteiger partial charge is 0.361 e. The molecule has 4 heteroatoms. The topological polar surface area (TPSA) is 15.8 Å². The number of alkyl halides is 3. The number of halogens is 3. The van der Waals surface area contributed by atoms with E-state index >= 15 is 0 Å². The lowest BCUT2D eigenvalue weighted by Gasteiger charge is -2.12. The van der Waals surface area contributed by atoms with E-state index in [-0.39, 0.29) is 5.56 Å². The van der Waals surface area contributed by atoms with Gasteiger partial charge in [-0.05, 0) is 28.5 Å². The van der Waals surface area contributed by atoms with Crippen molar-refractivity contribution in [1.29, 1.82) is 0 Å². The molecule has 1 heterocycles. The largest absolute Gasteiger partial charge is 0.417 e. The molecule has 4 aromatic rings. The van der Waals surface area contributed by atoms with Gasteiger partial charge in [0.25, 0.3) is 0 Å². The Balaban J connectivity index is 1.98. The first-order valence-corrected chi connectivity index (χ1v) is 7.87. The van der Waals surface area contributed by atoms with Crippen LogP contribution in [0.25, 0.3) is 33.3 Å². The molecule has 1 nitrogen and oxygen atoms in total. The fraction of sp³-hybridized carbons (Fsp3) is 0.0476. The van der Waals surface area contributed by atoms with Crippen molar-refractivity contribution in [2.45, 2.75) is 6.18 Å². The maximum Gasteiger partial charge on any atom is 0.417 e. The number of allylic oxidation sites excluding steroid dienone is 1. The van der Waals surface area contributed by atoms with Gasteiger partial charge in [0.1, 0.15) is 0 Å². The van der Waals surface area contributed by atoms with Crippen LogP contribution in [0.1, 0.15) is 11.1 Å². The van der Waals surface area contributed by atoms with Gasteiger partial charge in [-0.1, -0.05) is 60.7 Å². The predicted octanol–water partition coefficient (Wildman–Crippen LogP) is 6.42. The first kappa shape index (κ1) is 15.5. The molecule has 4 rings (SSSR count). The summed E-state index contributed by atoms with van der Waals surface area (Å²) in [6.45, 7) is 0. The zero-order valence-electron chi connectivity index (χ0n) is 13.1. The maximum absolute atomic E-state index is 13.8. The summed E-state index contributed by atoms with van der Waals surface area (Å²) in [5, 5.41) is 2.27. The summed E-state index contributed by atoms with van der Waals surface area (Å²) < 4.78 is 41.4. The first-order chi connectivity index (χ1) is 12.0. The summed E-state index contributed by atoms with van der Waals surface area (Å²) in [6, 6.07) is 19.8. The first-order valence-electron chi connectivity index (χ1n) is 7.87. The second-order valence-corrected chi connectivity index (χ2v) is 5.87. The van der Waals surface area contributed by atoms with Crippen LogP contribution >= 0.6 is 0 Å². The number of rotatable bonds is 2. The Bertz CT molecular complexity index is 1080. The van der Waals surface area contributed by atoms with E-state index in [1.807, 2.05) is 30.3 Å². The number of hydrogen-bond donors (Lipinski definition) is 1. The van der Waals surface area contributed by atoms with E-state index in [2.05, 4.69) is 4.98 Å². The van der Waals surface area contributed by atoms with Gasteiger partial charge in [0.15, 0.2) is 0 Å². The Labute approximate surface area is 142 Å². The standard InChI is InChI=1S/C21H14F3N/c22-21(23,24)19(18-13-25-20-11-4-3-10-17(18)20)12-15-8-5-7-14-6-1-2-9-16(14)15/h1-13,25H/b19-12+. The van der Waals surface area contributed by atoms with Crippen LogP contribution in [0, 0.1) is 0 Å². The van der Waals surface area contributed by atoms with Crippen molar-refractivity contribution in [3.63, 3.8) is 0 Å². The summed E-state index contributed by atoms with van der Waals surface area (Å²) in [6.07, 6.45) is -1.80. The molecular formula is C21H14F3N. The average Bonchev–Trinajstić information content (AvgIpc) is 3.02. The van der Waals surface area contributed by atoms with Gasteiger partial charge in [-0.2, -0.15) is 13.2 Å². The average molecular weight is 337 g/mol. The molecule has 25 heavy (non-hydrogen) atoms. The van der Waals surface area contributed by atoms with Crippen molar-refractivity contribution in [2.75, 3.05) is 0 Å². The second-order valence-electron chi connectivity index (χ2n) is 5.87. The fourth-order valence-electron chi connectivity index (χ4n) is 3.14. The number of H-pyrrole nitrogens is 1. The number of nitrogens with one attached hydrogen (secondary N) is 1. The number of benzene rings is 3. The summed E-state index contributed by atoms with van der Waals surface area (Å²) in [7, 11) is 0. The summed E-state index contributed by atoms with van der Waals surface area (Å²) in [5.74, 6) is 0. The lowest BCUT2D eigenvalue weighted by atomic mass is 9.98. The Hall–Kier alpha value is -3.01. The van der Waals surface area contributed by atoms with Crippen molar-refractivity contribution in [1.82, 2.24) is 4.98 Å². The van der Waals surface area contributed by atoms with Crippen LogP contribution in [0.5, 0.6) is 0 Å². The minimum Gasteiger partial charge on any atom is -0.361 e. The van der Waals surface area contributed by atoms with Gasteiger partial charge in [-0.15, -0.1) is 0 Å². The Morgan fingerprint density at radius 2 is 1.48 bits per heavy atom. The monoisotopic (exact) mass is 337 g/mol. The predicted molar refractivity (Wildman–Crippen MR) is 96.2 cm³/mol. The van der Waals surface area contributed by atoms with Gasteiger partial charge in [0.05, 0.1) is 5.57 Å². The van der Waals surface area contributed by atoms with Crippen LogP contribution in [-0.2, 0) is 0 Å². The summed E-state index contributed by atoms with van der Waals surface area (Å²) >= 11 is 0. The van der Waals surface area contributed by atoms with E-state index < -0.39 is 11.7 Å². The molecule has 124 valence electrons. The van der Waals surface area contributed by atoms with Crippen molar-refractivity contribution in [2.24, 2.45) is 0 Å². The van der Waals surface area contributed by atoms with Gasteiger partial charge < -0.3 is 4.98 Å². The number of hydrogen-bond acceptors (Lipinski definition) is 0. The zero-order chi connectivity index (χ0) is 17.4. The number of fused-ring (bicyclic) bond motifs is 2. The van der Waals surface area contributed by atoms with E-state index in [9.17, 15) is 13.2 Å². The van der Waals surface area contributed by atoms with Gasteiger partial charge >= 0.3 is 6.18 Å². The minimum absolute atomic E-state index is 0.163. The third-order valence-electron chi connectivity index (χ3n) is 4.31. The van der Waals surface area contributed by atoms with E-state index in [4.69, 9.17) is 0 Å². The third-order valence-corrected chi connectivity index (χ3v) is 4.31. The molecule has 0 aliphatic rings. The minimum atomic E-state index is -4.46. The van der Waals surface area contributed by atoms with Crippen LogP contribution in [0.3, 0.4) is 0 Å². The molecule has 0 aliphatic heterocycles. The van der Waals surface area contributed by atoms with Crippen LogP contribution in [0.15, 0.2) is 72.9 Å². The second kappa shape index (κ2) is 5.81. The van der Waals surface area contributed by atoms with E-state index in [1.165, 1.54) is 12.3 Å². The molecule has 0 bridgehead atoms.